The minimum absolute atomic E-state index is 0.148. The molecule has 0 aliphatic carbocycles. The highest BCUT2D eigenvalue weighted by atomic mass is 35.5. The second kappa shape index (κ2) is 9.65. The first-order valence-electron chi connectivity index (χ1n) is 8.39. The van der Waals surface area contributed by atoms with Gasteiger partial charge in [-0.25, -0.2) is 4.98 Å². The second-order valence-corrected chi connectivity index (χ2v) is 8.60. The summed E-state index contributed by atoms with van der Waals surface area (Å²) in [6.07, 6.45) is 0. The zero-order valence-electron chi connectivity index (χ0n) is 15.3. The van der Waals surface area contributed by atoms with Crippen LogP contribution in [0.15, 0.2) is 41.8 Å². The van der Waals surface area contributed by atoms with Crippen LogP contribution < -0.4 is 10.1 Å². The molecule has 8 heteroatoms. The number of nitrogens with zero attached hydrogens (tertiary/aromatic N) is 1. The van der Waals surface area contributed by atoms with Crippen LogP contribution in [0.25, 0.3) is 10.6 Å². The Morgan fingerprint density at radius 2 is 1.96 bits per heavy atom. The maximum atomic E-state index is 12.2. The molecule has 1 amide bonds. The number of hydrogen-bond donors (Lipinski definition) is 1. The van der Waals surface area contributed by atoms with E-state index in [0.29, 0.717) is 21.5 Å². The number of carbonyl (C=O) groups excluding carboxylic acids is 1. The monoisotopic (exact) mass is 452 g/mol. The van der Waals surface area contributed by atoms with E-state index in [1.807, 2.05) is 42.6 Å². The van der Waals surface area contributed by atoms with E-state index in [1.165, 1.54) is 11.8 Å². The Kier molecular flexibility index (Phi) is 7.24. The molecule has 0 aliphatic heterocycles. The molecule has 1 aromatic heterocycles. The van der Waals surface area contributed by atoms with Gasteiger partial charge in [0, 0.05) is 16.7 Å². The summed E-state index contributed by atoms with van der Waals surface area (Å²) in [5, 5.41) is 6.65. The van der Waals surface area contributed by atoms with Crippen LogP contribution in [0.4, 0.5) is 5.69 Å². The molecule has 0 unspecified atom stereocenters. The fourth-order valence-electron chi connectivity index (χ4n) is 2.43. The second-order valence-electron chi connectivity index (χ2n) is 5.97. The van der Waals surface area contributed by atoms with Crippen molar-refractivity contribution in [2.45, 2.75) is 12.7 Å². The molecule has 28 heavy (non-hydrogen) atoms. The molecule has 0 radical (unpaired) electrons. The van der Waals surface area contributed by atoms with Crippen LogP contribution in [0.1, 0.15) is 11.3 Å². The number of methoxy groups -OCH3 is 1. The summed E-state index contributed by atoms with van der Waals surface area (Å²) in [6.45, 7) is 1.87. The van der Waals surface area contributed by atoms with Gasteiger partial charge >= 0.3 is 0 Å². The third kappa shape index (κ3) is 5.20. The number of nitrogens with one attached hydrogen (secondary N) is 1. The number of ether oxygens (including phenoxy) is 1. The smallest absolute Gasteiger partial charge is 0.234 e. The molecule has 1 heterocycles. The van der Waals surface area contributed by atoms with Gasteiger partial charge in [0.15, 0.2) is 0 Å². The predicted molar refractivity (Wildman–Crippen MR) is 120 cm³/mol. The lowest BCUT2D eigenvalue weighted by atomic mass is 10.2. The Bertz CT molecular complexity index is 975. The van der Waals surface area contributed by atoms with Gasteiger partial charge in [0.25, 0.3) is 0 Å². The van der Waals surface area contributed by atoms with Gasteiger partial charge in [-0.2, -0.15) is 0 Å². The van der Waals surface area contributed by atoms with Crippen molar-refractivity contribution in [3.63, 3.8) is 0 Å². The quantitative estimate of drug-likeness (QED) is 0.456. The maximum Gasteiger partial charge on any atom is 0.234 e. The van der Waals surface area contributed by atoms with Gasteiger partial charge in [-0.15, -0.1) is 23.1 Å². The van der Waals surface area contributed by atoms with Gasteiger partial charge in [-0.3, -0.25) is 4.79 Å². The molecule has 0 bridgehead atoms. The number of aryl methyl sites for hydroxylation is 1. The van der Waals surface area contributed by atoms with Gasteiger partial charge < -0.3 is 10.1 Å². The third-order valence-corrected chi connectivity index (χ3v) is 6.63. The zero-order chi connectivity index (χ0) is 20.1. The molecule has 0 saturated carbocycles. The highest BCUT2D eigenvalue weighted by molar-refractivity contribution is 7.99. The average molecular weight is 453 g/mol. The van der Waals surface area contributed by atoms with Gasteiger partial charge in [0.1, 0.15) is 10.8 Å². The van der Waals surface area contributed by atoms with Gasteiger partial charge in [-0.1, -0.05) is 29.3 Å². The lowest BCUT2D eigenvalue weighted by Gasteiger charge is -2.10. The number of halogens is 2. The Hall–Kier alpha value is -1.73. The van der Waals surface area contributed by atoms with Crippen molar-refractivity contribution in [2.24, 2.45) is 0 Å². The van der Waals surface area contributed by atoms with Crippen LogP contribution in [0.2, 0.25) is 10.0 Å². The number of carbonyl (C=O) groups is 1. The number of amides is 1. The van der Waals surface area contributed by atoms with Crippen LogP contribution in [0.5, 0.6) is 5.75 Å². The summed E-state index contributed by atoms with van der Waals surface area (Å²) >= 11 is 15.4. The fraction of sp³-hybridized carbons (Fsp3) is 0.200. The lowest BCUT2D eigenvalue weighted by Crippen LogP contribution is -2.15. The molecule has 1 N–H and O–H groups in total. The molecule has 146 valence electrons. The van der Waals surface area contributed by atoms with E-state index in [0.717, 1.165) is 27.6 Å². The number of thioether (sulfide) groups is 1. The number of hydrogen-bond acceptors (Lipinski definition) is 5. The van der Waals surface area contributed by atoms with Crippen LogP contribution in [0, 0.1) is 6.92 Å². The van der Waals surface area contributed by atoms with E-state index in [2.05, 4.69) is 10.3 Å². The first-order valence-corrected chi connectivity index (χ1v) is 11.2. The maximum absolute atomic E-state index is 12.2. The third-order valence-electron chi connectivity index (χ3n) is 3.92. The molecule has 0 fully saturated rings. The highest BCUT2D eigenvalue weighted by Gasteiger charge is 2.12. The van der Waals surface area contributed by atoms with Crippen molar-refractivity contribution in [2.75, 3.05) is 18.2 Å². The normalized spacial score (nSPS) is 10.7. The standard InChI is InChI=1S/C20H18Cl2N2O2S2/c1-12-3-8-16(21)19(18(12)22)24-17(25)11-27-9-14-10-28-20(23-14)13-4-6-15(26-2)7-5-13/h3-8,10H,9,11H2,1-2H3,(H,24,25). The average Bonchev–Trinajstić information content (AvgIpc) is 3.17. The van der Waals surface area contributed by atoms with E-state index in [4.69, 9.17) is 27.9 Å². The van der Waals surface area contributed by atoms with Crippen molar-refractivity contribution >= 4 is 57.9 Å². The van der Waals surface area contributed by atoms with Crippen molar-refractivity contribution in [1.29, 1.82) is 0 Å². The Morgan fingerprint density at radius 1 is 1.21 bits per heavy atom. The van der Waals surface area contributed by atoms with Crippen LogP contribution >= 0.6 is 46.3 Å². The van der Waals surface area contributed by atoms with E-state index < -0.39 is 0 Å². The molecule has 0 aliphatic rings. The molecule has 0 spiro atoms. The Labute approximate surface area is 182 Å². The summed E-state index contributed by atoms with van der Waals surface area (Å²) in [4.78, 5) is 16.9. The fourth-order valence-corrected chi connectivity index (χ4v) is 4.55. The first-order chi connectivity index (χ1) is 13.5. The SMILES string of the molecule is COc1ccc(-c2nc(CSCC(=O)Nc3c(Cl)ccc(C)c3Cl)cs2)cc1. The summed E-state index contributed by atoms with van der Waals surface area (Å²) in [5.74, 6) is 1.60. The van der Waals surface area contributed by atoms with E-state index in [9.17, 15) is 4.79 Å². The van der Waals surface area contributed by atoms with Gasteiger partial charge in [-0.05, 0) is 42.8 Å². The van der Waals surface area contributed by atoms with Crippen molar-refractivity contribution < 1.29 is 9.53 Å². The number of rotatable bonds is 7. The topological polar surface area (TPSA) is 51.2 Å². The zero-order valence-corrected chi connectivity index (χ0v) is 18.4. The number of thiazole rings is 1. The summed E-state index contributed by atoms with van der Waals surface area (Å²) in [6, 6.07) is 11.3. The molecule has 4 nitrogen and oxygen atoms in total. The Morgan fingerprint density at radius 3 is 2.68 bits per heavy atom. The lowest BCUT2D eigenvalue weighted by molar-refractivity contribution is -0.113. The summed E-state index contributed by atoms with van der Waals surface area (Å²) in [7, 11) is 1.64. The van der Waals surface area contributed by atoms with E-state index in [-0.39, 0.29) is 11.7 Å². The van der Waals surface area contributed by atoms with Gasteiger partial charge in [0.05, 0.1) is 34.3 Å². The summed E-state index contributed by atoms with van der Waals surface area (Å²) in [5.41, 5.74) is 3.32. The number of anilines is 1. The Balaban J connectivity index is 1.53. The molecule has 0 saturated heterocycles. The molecule has 2 aromatic carbocycles. The predicted octanol–water partition coefficient (Wildman–Crippen LogP) is 6.31. The first kappa shape index (κ1) is 21.0. The van der Waals surface area contributed by atoms with Crippen LogP contribution in [0.3, 0.4) is 0 Å². The highest BCUT2D eigenvalue weighted by Crippen LogP contribution is 2.33. The molecule has 3 rings (SSSR count). The van der Waals surface area contributed by atoms with E-state index in [1.54, 1.807) is 24.5 Å². The molecular formula is C20H18Cl2N2O2S2. The number of aromatic nitrogens is 1. The van der Waals surface area contributed by atoms with Crippen LogP contribution in [-0.4, -0.2) is 23.8 Å². The van der Waals surface area contributed by atoms with Crippen molar-refractivity contribution in [1.82, 2.24) is 4.98 Å². The van der Waals surface area contributed by atoms with Crippen LogP contribution in [-0.2, 0) is 10.5 Å². The number of benzene rings is 2. The van der Waals surface area contributed by atoms with Crippen molar-refractivity contribution in [3.05, 3.63) is 63.1 Å². The largest absolute Gasteiger partial charge is 0.497 e. The minimum Gasteiger partial charge on any atom is -0.497 e. The summed E-state index contributed by atoms with van der Waals surface area (Å²) < 4.78 is 5.17. The molecule has 0 atom stereocenters. The minimum atomic E-state index is -0.148. The van der Waals surface area contributed by atoms with Crippen molar-refractivity contribution in [3.8, 4) is 16.3 Å². The van der Waals surface area contributed by atoms with Gasteiger partial charge in [0.2, 0.25) is 5.91 Å². The molecule has 3 aromatic rings. The van der Waals surface area contributed by atoms with E-state index >= 15 is 0 Å². The molecular weight excluding hydrogens is 435 g/mol.